The lowest BCUT2D eigenvalue weighted by molar-refractivity contribution is 0.302. The normalized spacial score (nSPS) is 11.5. The predicted molar refractivity (Wildman–Crippen MR) is 62.7 cm³/mol. The van der Waals surface area contributed by atoms with Crippen LogP contribution >= 0.6 is 0 Å². The first kappa shape index (κ1) is 13.9. The van der Waals surface area contributed by atoms with Crippen molar-refractivity contribution in [3.63, 3.8) is 0 Å². The highest BCUT2D eigenvalue weighted by Gasteiger charge is 2.14. The van der Waals surface area contributed by atoms with Crippen molar-refractivity contribution in [2.45, 2.75) is 11.8 Å². The zero-order valence-electron chi connectivity index (χ0n) is 9.43. The molecule has 96 valence electrons. The topological polar surface area (TPSA) is 83.6 Å². The molecule has 0 spiro atoms. The Morgan fingerprint density at radius 1 is 1.47 bits per heavy atom. The molecule has 1 aromatic carbocycles. The molecule has 0 bridgehead atoms. The first-order chi connectivity index (χ1) is 7.90. The van der Waals surface area contributed by atoms with Gasteiger partial charge in [-0.05, 0) is 25.1 Å². The Labute approximate surface area is 99.7 Å². The number of primary sulfonamides is 1. The molecular weight excluding hydrogens is 247 g/mol. The SMILES string of the molecule is CCN(CCO)c1ccc(S(N)(=O)=O)cc1F. The van der Waals surface area contributed by atoms with Crippen molar-refractivity contribution in [3.05, 3.63) is 24.0 Å². The molecule has 1 rings (SSSR count). The second-order valence-corrected chi connectivity index (χ2v) is 5.02. The highest BCUT2D eigenvalue weighted by Crippen LogP contribution is 2.21. The fourth-order valence-corrected chi connectivity index (χ4v) is 2.02. The number of aliphatic hydroxyl groups excluding tert-OH is 1. The monoisotopic (exact) mass is 262 g/mol. The van der Waals surface area contributed by atoms with Crippen LogP contribution in [0.25, 0.3) is 0 Å². The highest BCUT2D eigenvalue weighted by molar-refractivity contribution is 7.89. The van der Waals surface area contributed by atoms with Crippen LogP contribution in [0.15, 0.2) is 23.1 Å². The maximum Gasteiger partial charge on any atom is 0.238 e. The number of likely N-dealkylation sites (N-methyl/N-ethyl adjacent to an activating group) is 1. The summed E-state index contributed by atoms with van der Waals surface area (Å²) < 4.78 is 35.7. The van der Waals surface area contributed by atoms with Crippen LogP contribution in [0.4, 0.5) is 10.1 Å². The second-order valence-electron chi connectivity index (χ2n) is 3.46. The van der Waals surface area contributed by atoms with Crippen LogP contribution < -0.4 is 10.0 Å². The van der Waals surface area contributed by atoms with E-state index in [-0.39, 0.29) is 23.7 Å². The fraction of sp³-hybridized carbons (Fsp3) is 0.400. The largest absolute Gasteiger partial charge is 0.395 e. The van der Waals surface area contributed by atoms with Crippen LogP contribution in [0.1, 0.15) is 6.92 Å². The lowest BCUT2D eigenvalue weighted by Gasteiger charge is -2.22. The Morgan fingerprint density at radius 3 is 2.53 bits per heavy atom. The summed E-state index contributed by atoms with van der Waals surface area (Å²) in [4.78, 5) is 1.33. The summed E-state index contributed by atoms with van der Waals surface area (Å²) in [6.45, 7) is 2.49. The smallest absolute Gasteiger partial charge is 0.238 e. The number of aliphatic hydroxyl groups is 1. The minimum atomic E-state index is -3.89. The number of hydrogen-bond donors (Lipinski definition) is 2. The number of sulfonamides is 1. The van der Waals surface area contributed by atoms with Gasteiger partial charge in [0.25, 0.3) is 0 Å². The third-order valence-electron chi connectivity index (χ3n) is 2.34. The number of halogens is 1. The zero-order chi connectivity index (χ0) is 13.1. The molecular formula is C10H15FN2O3S. The average Bonchev–Trinajstić information content (AvgIpc) is 2.25. The van der Waals surface area contributed by atoms with Crippen LogP contribution in [-0.4, -0.2) is 33.2 Å². The minimum Gasteiger partial charge on any atom is -0.395 e. The number of hydrogen-bond acceptors (Lipinski definition) is 4. The molecule has 0 saturated carbocycles. The number of nitrogens with two attached hydrogens (primary N) is 1. The van der Waals surface area contributed by atoms with Crippen molar-refractivity contribution < 1.29 is 17.9 Å². The third-order valence-corrected chi connectivity index (χ3v) is 3.25. The lowest BCUT2D eigenvalue weighted by Crippen LogP contribution is -2.27. The summed E-state index contributed by atoms with van der Waals surface area (Å²) in [7, 11) is -3.89. The molecule has 0 fully saturated rings. The second kappa shape index (κ2) is 5.44. The van der Waals surface area contributed by atoms with E-state index in [1.807, 2.05) is 6.92 Å². The summed E-state index contributed by atoms with van der Waals surface area (Å²) in [6, 6.07) is 3.46. The lowest BCUT2D eigenvalue weighted by atomic mass is 10.2. The van der Waals surface area contributed by atoms with Gasteiger partial charge < -0.3 is 10.0 Å². The Bertz CT molecular complexity index is 490. The Hall–Kier alpha value is -1.18. The van der Waals surface area contributed by atoms with Crippen molar-refractivity contribution in [1.29, 1.82) is 0 Å². The molecule has 0 atom stereocenters. The number of rotatable bonds is 5. The molecule has 0 aliphatic heterocycles. The van der Waals surface area contributed by atoms with E-state index in [9.17, 15) is 12.8 Å². The summed E-state index contributed by atoms with van der Waals surface area (Å²) >= 11 is 0. The molecule has 7 heteroatoms. The average molecular weight is 262 g/mol. The van der Waals surface area contributed by atoms with Gasteiger partial charge in [-0.2, -0.15) is 0 Å². The van der Waals surface area contributed by atoms with Gasteiger partial charge in [0.1, 0.15) is 5.82 Å². The van der Waals surface area contributed by atoms with Gasteiger partial charge in [0.15, 0.2) is 0 Å². The van der Waals surface area contributed by atoms with E-state index in [0.717, 1.165) is 6.07 Å². The highest BCUT2D eigenvalue weighted by atomic mass is 32.2. The maximum absolute atomic E-state index is 13.7. The maximum atomic E-state index is 13.7. The summed E-state index contributed by atoms with van der Waals surface area (Å²) in [5.74, 6) is -0.674. The summed E-state index contributed by atoms with van der Waals surface area (Å²) in [6.07, 6.45) is 0. The quantitative estimate of drug-likeness (QED) is 0.799. The number of nitrogens with zero attached hydrogens (tertiary/aromatic N) is 1. The molecule has 0 heterocycles. The van der Waals surface area contributed by atoms with E-state index in [0.29, 0.717) is 6.54 Å². The Balaban J connectivity index is 3.13. The van der Waals surface area contributed by atoms with Gasteiger partial charge in [0.05, 0.1) is 17.2 Å². The molecule has 0 aliphatic rings. The molecule has 1 aromatic rings. The first-order valence-electron chi connectivity index (χ1n) is 5.08. The van der Waals surface area contributed by atoms with E-state index in [1.54, 1.807) is 4.90 Å². The molecule has 17 heavy (non-hydrogen) atoms. The number of anilines is 1. The van der Waals surface area contributed by atoms with Gasteiger partial charge in [-0.1, -0.05) is 0 Å². The van der Waals surface area contributed by atoms with Crippen molar-refractivity contribution in [1.82, 2.24) is 0 Å². The molecule has 0 aliphatic carbocycles. The molecule has 0 saturated heterocycles. The van der Waals surface area contributed by atoms with E-state index in [2.05, 4.69) is 0 Å². The molecule has 0 amide bonds. The van der Waals surface area contributed by atoms with Gasteiger partial charge in [0, 0.05) is 13.1 Å². The van der Waals surface area contributed by atoms with Crippen LogP contribution in [-0.2, 0) is 10.0 Å². The van der Waals surface area contributed by atoms with Crippen LogP contribution in [0.3, 0.4) is 0 Å². The Kier molecular flexibility index (Phi) is 4.44. The van der Waals surface area contributed by atoms with Gasteiger partial charge in [-0.3, -0.25) is 0 Å². The van der Waals surface area contributed by atoms with E-state index in [4.69, 9.17) is 10.2 Å². The van der Waals surface area contributed by atoms with Gasteiger partial charge in [0.2, 0.25) is 10.0 Å². The fourth-order valence-electron chi connectivity index (χ4n) is 1.49. The molecule has 5 nitrogen and oxygen atoms in total. The van der Waals surface area contributed by atoms with E-state index < -0.39 is 15.8 Å². The van der Waals surface area contributed by atoms with Crippen molar-refractivity contribution in [2.24, 2.45) is 5.14 Å². The van der Waals surface area contributed by atoms with Crippen molar-refractivity contribution in [3.8, 4) is 0 Å². The summed E-state index contributed by atoms with van der Waals surface area (Å²) in [5.41, 5.74) is 0.244. The van der Waals surface area contributed by atoms with Gasteiger partial charge >= 0.3 is 0 Å². The van der Waals surface area contributed by atoms with E-state index in [1.165, 1.54) is 12.1 Å². The van der Waals surface area contributed by atoms with Crippen LogP contribution in [0.5, 0.6) is 0 Å². The summed E-state index contributed by atoms with van der Waals surface area (Å²) in [5, 5.41) is 13.7. The Morgan fingerprint density at radius 2 is 2.12 bits per heavy atom. The molecule has 0 unspecified atom stereocenters. The number of benzene rings is 1. The van der Waals surface area contributed by atoms with Crippen LogP contribution in [0, 0.1) is 5.82 Å². The van der Waals surface area contributed by atoms with Gasteiger partial charge in [-0.25, -0.2) is 17.9 Å². The van der Waals surface area contributed by atoms with Gasteiger partial charge in [-0.15, -0.1) is 0 Å². The molecule has 3 N–H and O–H groups in total. The van der Waals surface area contributed by atoms with Crippen molar-refractivity contribution in [2.75, 3.05) is 24.6 Å². The van der Waals surface area contributed by atoms with E-state index >= 15 is 0 Å². The first-order valence-corrected chi connectivity index (χ1v) is 6.63. The molecule has 0 radical (unpaired) electrons. The predicted octanol–water partition coefficient (Wildman–Crippen LogP) is 0.292. The minimum absolute atomic E-state index is 0.107. The third kappa shape index (κ3) is 3.39. The zero-order valence-corrected chi connectivity index (χ0v) is 10.2. The molecule has 0 aromatic heterocycles. The van der Waals surface area contributed by atoms with Crippen LogP contribution in [0.2, 0.25) is 0 Å². The standard InChI is InChI=1S/C10H15FN2O3S/c1-2-13(5-6-14)10-4-3-8(7-9(10)11)17(12,15)16/h3-4,7,14H,2,5-6H2,1H3,(H2,12,15,16). The van der Waals surface area contributed by atoms with Crippen molar-refractivity contribution >= 4 is 15.7 Å².